The maximum Gasteiger partial charge on any atom is 0.0714 e. The summed E-state index contributed by atoms with van der Waals surface area (Å²) < 4.78 is 0. The first-order valence-corrected chi connectivity index (χ1v) is 22.7. The molecule has 0 amide bonds. The van der Waals surface area contributed by atoms with Gasteiger partial charge in [-0.3, -0.25) is 0 Å². The fraction of sp³-hybridized carbons (Fsp3) is 0.0625. The highest BCUT2D eigenvalue weighted by Crippen LogP contribution is 2.59. The predicted molar refractivity (Wildman–Crippen MR) is 271 cm³/mol. The van der Waals surface area contributed by atoms with Crippen LogP contribution in [0.3, 0.4) is 0 Å². The number of rotatable bonds is 8. The Bertz CT molecular complexity index is 3260. The van der Waals surface area contributed by atoms with Crippen molar-refractivity contribution in [3.8, 4) is 33.4 Å². The van der Waals surface area contributed by atoms with Gasteiger partial charge in [0.1, 0.15) is 0 Å². The third kappa shape index (κ3) is 5.93. The Morgan fingerprint density at radius 3 is 1.22 bits per heavy atom. The van der Waals surface area contributed by atoms with Crippen molar-refractivity contribution in [1.82, 2.24) is 0 Å². The molecular formula is C64H47N. The van der Waals surface area contributed by atoms with Gasteiger partial charge in [-0.15, -0.1) is 0 Å². The summed E-state index contributed by atoms with van der Waals surface area (Å²) in [5.41, 5.74) is 22.5. The molecule has 0 atom stereocenters. The van der Waals surface area contributed by atoms with Gasteiger partial charge in [-0.05, 0) is 128 Å². The SMILES string of the molecule is Cc1ccc(C2(c3ccc(C)cc3)c3ccccc3-c3cc(N(c4ccc(-c5ccccc5)cc4)c4ccc5c(c4)C(c4ccccc4)(c4ccccc4)c4ccccc4-5)ccc32)cc1. The summed E-state index contributed by atoms with van der Waals surface area (Å²) in [5, 5.41) is 0. The minimum Gasteiger partial charge on any atom is -0.310 e. The molecule has 0 unspecified atom stereocenters. The van der Waals surface area contributed by atoms with Crippen molar-refractivity contribution in [3.63, 3.8) is 0 Å². The number of hydrogen-bond donors (Lipinski definition) is 0. The van der Waals surface area contributed by atoms with Gasteiger partial charge in [0, 0.05) is 17.1 Å². The Labute approximate surface area is 382 Å². The smallest absolute Gasteiger partial charge is 0.0714 e. The molecular weight excluding hydrogens is 783 g/mol. The van der Waals surface area contributed by atoms with Crippen molar-refractivity contribution in [2.45, 2.75) is 24.7 Å². The molecule has 0 saturated heterocycles. The number of anilines is 3. The van der Waals surface area contributed by atoms with Crippen LogP contribution >= 0.6 is 0 Å². The first-order valence-electron chi connectivity index (χ1n) is 22.7. The zero-order valence-corrected chi connectivity index (χ0v) is 36.6. The number of benzene rings is 10. The molecule has 0 heterocycles. The molecule has 65 heavy (non-hydrogen) atoms. The van der Waals surface area contributed by atoms with Gasteiger partial charge in [0.05, 0.1) is 10.8 Å². The maximum atomic E-state index is 2.48. The third-order valence-electron chi connectivity index (χ3n) is 14.2. The third-order valence-corrected chi connectivity index (χ3v) is 14.2. The van der Waals surface area contributed by atoms with Crippen LogP contribution in [0.15, 0.2) is 249 Å². The number of nitrogens with zero attached hydrogens (tertiary/aromatic N) is 1. The summed E-state index contributed by atoms with van der Waals surface area (Å²) in [7, 11) is 0. The van der Waals surface area contributed by atoms with E-state index in [1.54, 1.807) is 0 Å². The normalized spacial score (nSPS) is 13.6. The molecule has 0 aromatic heterocycles. The highest BCUT2D eigenvalue weighted by Gasteiger charge is 2.48. The Morgan fingerprint density at radius 2 is 0.646 bits per heavy atom. The average Bonchev–Trinajstić information content (AvgIpc) is 3.83. The van der Waals surface area contributed by atoms with E-state index in [1.807, 2.05) is 0 Å². The Morgan fingerprint density at radius 1 is 0.262 bits per heavy atom. The lowest BCUT2D eigenvalue weighted by Gasteiger charge is -2.35. The van der Waals surface area contributed by atoms with Crippen LogP contribution in [0.1, 0.15) is 55.6 Å². The van der Waals surface area contributed by atoms with E-state index in [4.69, 9.17) is 0 Å². The van der Waals surface area contributed by atoms with Crippen molar-refractivity contribution in [2.24, 2.45) is 0 Å². The fourth-order valence-electron chi connectivity index (χ4n) is 11.3. The first-order chi connectivity index (χ1) is 32.0. The molecule has 0 bridgehead atoms. The highest BCUT2D eigenvalue weighted by molar-refractivity contribution is 5.93. The van der Waals surface area contributed by atoms with Crippen molar-refractivity contribution < 1.29 is 0 Å². The minimum absolute atomic E-state index is 0.488. The lowest BCUT2D eigenvalue weighted by Crippen LogP contribution is -2.29. The van der Waals surface area contributed by atoms with Crippen LogP contribution in [0.4, 0.5) is 17.1 Å². The van der Waals surface area contributed by atoms with E-state index in [-0.39, 0.29) is 0 Å². The largest absolute Gasteiger partial charge is 0.310 e. The van der Waals surface area contributed by atoms with Crippen molar-refractivity contribution >= 4 is 17.1 Å². The van der Waals surface area contributed by atoms with Gasteiger partial charge in [0.2, 0.25) is 0 Å². The van der Waals surface area contributed by atoms with Crippen LogP contribution in [-0.2, 0) is 10.8 Å². The Kier molecular flexibility index (Phi) is 9.14. The van der Waals surface area contributed by atoms with E-state index in [9.17, 15) is 0 Å². The Balaban J connectivity index is 1.11. The molecule has 10 aromatic carbocycles. The molecule has 0 N–H and O–H groups in total. The second kappa shape index (κ2) is 15.4. The summed E-state index contributed by atoms with van der Waals surface area (Å²) in [5.74, 6) is 0. The molecule has 1 heteroatoms. The minimum atomic E-state index is -0.522. The molecule has 2 aliphatic rings. The van der Waals surface area contributed by atoms with Crippen LogP contribution < -0.4 is 4.90 Å². The number of fused-ring (bicyclic) bond motifs is 6. The molecule has 2 aliphatic carbocycles. The molecule has 0 saturated carbocycles. The quantitative estimate of drug-likeness (QED) is 0.147. The zero-order chi connectivity index (χ0) is 43.5. The van der Waals surface area contributed by atoms with E-state index in [0.717, 1.165) is 17.1 Å². The molecule has 0 aliphatic heterocycles. The van der Waals surface area contributed by atoms with E-state index < -0.39 is 10.8 Å². The van der Waals surface area contributed by atoms with Crippen LogP contribution in [-0.4, -0.2) is 0 Å². The molecule has 0 radical (unpaired) electrons. The van der Waals surface area contributed by atoms with Crippen molar-refractivity contribution in [3.05, 3.63) is 304 Å². The zero-order valence-electron chi connectivity index (χ0n) is 36.6. The van der Waals surface area contributed by atoms with Gasteiger partial charge in [0.25, 0.3) is 0 Å². The fourth-order valence-corrected chi connectivity index (χ4v) is 11.3. The standard InChI is InChI=1S/C64H47N/c1-44-26-32-50(33-27-44)63(51-34-28-45(2)29-35-51)60-25-15-13-23-56(60)58-42-53(39-41-61(58)63)65(52-36-30-47(31-37-52)46-16-6-3-7-17-46)54-38-40-57-55-22-12-14-24-59(55)64(62(57)43-54,48-18-8-4-9-19-48)49-20-10-5-11-21-49/h3-43H,1-2H3. The summed E-state index contributed by atoms with van der Waals surface area (Å²) in [6, 6.07) is 92.8. The van der Waals surface area contributed by atoms with Crippen molar-refractivity contribution in [1.29, 1.82) is 0 Å². The van der Waals surface area contributed by atoms with Crippen LogP contribution in [0, 0.1) is 13.8 Å². The van der Waals surface area contributed by atoms with Gasteiger partial charge in [-0.2, -0.15) is 0 Å². The van der Waals surface area contributed by atoms with Crippen LogP contribution in [0.5, 0.6) is 0 Å². The van der Waals surface area contributed by atoms with E-state index in [2.05, 4.69) is 267 Å². The summed E-state index contributed by atoms with van der Waals surface area (Å²) in [4.78, 5) is 2.47. The molecule has 1 nitrogen and oxygen atoms in total. The lowest BCUT2D eigenvalue weighted by molar-refractivity contribution is 0.767. The Hall–Kier alpha value is -8.00. The van der Waals surface area contributed by atoms with Gasteiger partial charge >= 0.3 is 0 Å². The summed E-state index contributed by atoms with van der Waals surface area (Å²) >= 11 is 0. The number of aryl methyl sites for hydroxylation is 2. The van der Waals surface area contributed by atoms with Gasteiger partial charge in [-0.25, -0.2) is 0 Å². The molecule has 308 valence electrons. The average molecular weight is 830 g/mol. The molecule has 10 aromatic rings. The molecule has 0 fully saturated rings. The highest BCUT2D eigenvalue weighted by atomic mass is 15.1. The van der Waals surface area contributed by atoms with Crippen LogP contribution in [0.25, 0.3) is 33.4 Å². The first kappa shape index (κ1) is 38.7. The second-order valence-electron chi connectivity index (χ2n) is 17.8. The van der Waals surface area contributed by atoms with E-state index >= 15 is 0 Å². The topological polar surface area (TPSA) is 3.24 Å². The second-order valence-corrected chi connectivity index (χ2v) is 17.8. The predicted octanol–water partition coefficient (Wildman–Crippen LogP) is 16.2. The van der Waals surface area contributed by atoms with E-state index in [0.29, 0.717) is 0 Å². The molecule has 12 rings (SSSR count). The van der Waals surface area contributed by atoms with E-state index in [1.165, 1.54) is 89.0 Å². The summed E-state index contributed by atoms with van der Waals surface area (Å²) in [6.45, 7) is 4.35. The van der Waals surface area contributed by atoms with Gasteiger partial charge < -0.3 is 4.90 Å². The lowest BCUT2D eigenvalue weighted by atomic mass is 9.67. The van der Waals surface area contributed by atoms with Crippen LogP contribution in [0.2, 0.25) is 0 Å². The van der Waals surface area contributed by atoms with Gasteiger partial charge in [-0.1, -0.05) is 223 Å². The number of hydrogen-bond acceptors (Lipinski definition) is 1. The monoisotopic (exact) mass is 829 g/mol. The maximum absolute atomic E-state index is 2.48. The summed E-state index contributed by atoms with van der Waals surface area (Å²) in [6.07, 6.45) is 0. The van der Waals surface area contributed by atoms with Gasteiger partial charge in [0.15, 0.2) is 0 Å². The van der Waals surface area contributed by atoms with Crippen molar-refractivity contribution in [2.75, 3.05) is 4.90 Å². The molecule has 0 spiro atoms.